The quantitative estimate of drug-likeness (QED) is 0.689. The number of nitrogens with zero attached hydrogens (tertiary/aromatic N) is 2. The van der Waals surface area contributed by atoms with E-state index in [0.717, 1.165) is 18.1 Å². The summed E-state index contributed by atoms with van der Waals surface area (Å²) < 4.78 is 0. The highest BCUT2D eigenvalue weighted by atomic mass is 32.1. The zero-order valence-electron chi connectivity index (χ0n) is 8.73. The molecule has 0 radical (unpaired) electrons. The fourth-order valence-corrected chi connectivity index (χ4v) is 2.01. The van der Waals surface area contributed by atoms with E-state index in [2.05, 4.69) is 36.4 Å². The average Bonchev–Trinajstić information content (AvgIpc) is 2.69. The lowest BCUT2D eigenvalue weighted by Gasteiger charge is -2.20. The molecule has 0 aromatic carbocycles. The van der Waals surface area contributed by atoms with E-state index >= 15 is 0 Å². The van der Waals surface area contributed by atoms with Crippen molar-refractivity contribution in [1.29, 1.82) is 0 Å². The number of hydrogen-bond acceptors (Lipinski definition) is 3. The molecule has 1 aromatic rings. The molecule has 0 aliphatic carbocycles. The van der Waals surface area contributed by atoms with E-state index in [4.69, 9.17) is 0 Å². The first kappa shape index (κ1) is 11.0. The fourth-order valence-electron chi connectivity index (χ4n) is 1.25. The van der Waals surface area contributed by atoms with Crippen molar-refractivity contribution in [1.82, 2.24) is 4.98 Å². The Morgan fingerprint density at radius 2 is 2.50 bits per heavy atom. The van der Waals surface area contributed by atoms with Gasteiger partial charge in [-0.1, -0.05) is 12.2 Å². The molecule has 0 aliphatic rings. The van der Waals surface area contributed by atoms with Gasteiger partial charge in [-0.15, -0.1) is 17.9 Å². The van der Waals surface area contributed by atoms with Crippen molar-refractivity contribution in [2.45, 2.75) is 20.3 Å². The maximum absolute atomic E-state index is 4.29. The molecule has 0 N–H and O–H groups in total. The van der Waals surface area contributed by atoms with Gasteiger partial charge in [0.15, 0.2) is 5.13 Å². The third-order valence-corrected chi connectivity index (χ3v) is 2.77. The first-order valence-corrected chi connectivity index (χ1v) is 5.62. The molecule has 0 aliphatic heterocycles. The Kier molecular flexibility index (Phi) is 4.40. The van der Waals surface area contributed by atoms with E-state index < -0.39 is 0 Å². The average molecular weight is 208 g/mol. The van der Waals surface area contributed by atoms with E-state index in [9.17, 15) is 0 Å². The summed E-state index contributed by atoms with van der Waals surface area (Å²) in [7, 11) is 0. The highest BCUT2D eigenvalue weighted by Gasteiger charge is 2.07. The second-order valence-corrected chi connectivity index (χ2v) is 3.80. The van der Waals surface area contributed by atoms with Crippen LogP contribution in [0.4, 0.5) is 5.13 Å². The van der Waals surface area contributed by atoms with Crippen molar-refractivity contribution in [2.75, 3.05) is 11.4 Å². The SMILES string of the molecule is C=CCC=C(C)N(CC)c1nccs1. The summed E-state index contributed by atoms with van der Waals surface area (Å²) in [5.41, 5.74) is 1.24. The number of rotatable bonds is 5. The Balaban J connectivity index is 2.76. The van der Waals surface area contributed by atoms with Crippen LogP contribution in [0, 0.1) is 0 Å². The van der Waals surface area contributed by atoms with Crippen molar-refractivity contribution < 1.29 is 0 Å². The van der Waals surface area contributed by atoms with Crippen molar-refractivity contribution in [2.24, 2.45) is 0 Å². The largest absolute Gasteiger partial charge is 0.322 e. The number of hydrogen-bond donors (Lipinski definition) is 0. The second-order valence-electron chi connectivity index (χ2n) is 2.93. The minimum Gasteiger partial charge on any atom is -0.322 e. The molecule has 3 heteroatoms. The molecule has 14 heavy (non-hydrogen) atoms. The van der Waals surface area contributed by atoms with Gasteiger partial charge in [0, 0.05) is 23.8 Å². The summed E-state index contributed by atoms with van der Waals surface area (Å²) >= 11 is 1.67. The van der Waals surface area contributed by atoms with Crippen LogP contribution in [-0.2, 0) is 0 Å². The van der Waals surface area contributed by atoms with Crippen LogP contribution in [0.1, 0.15) is 20.3 Å². The molecular weight excluding hydrogens is 192 g/mol. The first-order valence-electron chi connectivity index (χ1n) is 4.74. The van der Waals surface area contributed by atoms with Gasteiger partial charge in [0.1, 0.15) is 0 Å². The van der Waals surface area contributed by atoms with Crippen molar-refractivity contribution in [3.63, 3.8) is 0 Å². The van der Waals surface area contributed by atoms with Gasteiger partial charge in [0.2, 0.25) is 0 Å². The molecule has 0 unspecified atom stereocenters. The Labute approximate surface area is 89.6 Å². The van der Waals surface area contributed by atoms with Gasteiger partial charge in [0.05, 0.1) is 0 Å². The normalized spacial score (nSPS) is 11.4. The standard InChI is InChI=1S/C11H16N2S/c1-4-6-7-10(3)13(5-2)11-12-8-9-14-11/h4,7-9H,1,5-6H2,2-3H3. The smallest absolute Gasteiger partial charge is 0.189 e. The predicted molar refractivity (Wildman–Crippen MR) is 63.7 cm³/mol. The topological polar surface area (TPSA) is 16.1 Å². The van der Waals surface area contributed by atoms with E-state index in [-0.39, 0.29) is 0 Å². The second kappa shape index (κ2) is 5.60. The molecule has 1 heterocycles. The van der Waals surface area contributed by atoms with Crippen molar-refractivity contribution in [3.05, 3.63) is 36.0 Å². The van der Waals surface area contributed by atoms with E-state index in [1.165, 1.54) is 5.70 Å². The zero-order valence-corrected chi connectivity index (χ0v) is 9.55. The van der Waals surface area contributed by atoms with E-state index in [1.54, 1.807) is 11.3 Å². The van der Waals surface area contributed by atoms with Gasteiger partial charge in [-0.3, -0.25) is 0 Å². The van der Waals surface area contributed by atoms with Crippen LogP contribution in [-0.4, -0.2) is 11.5 Å². The van der Waals surface area contributed by atoms with E-state index in [0.29, 0.717) is 0 Å². The van der Waals surface area contributed by atoms with Crippen LogP contribution in [0.5, 0.6) is 0 Å². The molecule has 0 amide bonds. The monoisotopic (exact) mass is 208 g/mol. The Hall–Kier alpha value is -1.09. The minimum atomic E-state index is 0.910. The zero-order chi connectivity index (χ0) is 10.4. The van der Waals surface area contributed by atoms with Crippen LogP contribution in [0.2, 0.25) is 0 Å². The van der Waals surface area contributed by atoms with Crippen LogP contribution in [0.3, 0.4) is 0 Å². The fraction of sp³-hybridized carbons (Fsp3) is 0.364. The van der Waals surface area contributed by atoms with Gasteiger partial charge in [-0.2, -0.15) is 0 Å². The maximum atomic E-state index is 4.29. The number of anilines is 1. The lowest BCUT2D eigenvalue weighted by Crippen LogP contribution is -2.19. The molecule has 0 saturated heterocycles. The molecule has 2 nitrogen and oxygen atoms in total. The van der Waals surface area contributed by atoms with Crippen LogP contribution < -0.4 is 4.90 Å². The summed E-state index contributed by atoms with van der Waals surface area (Å²) in [4.78, 5) is 6.50. The molecule has 0 saturated carbocycles. The number of thiazole rings is 1. The summed E-state index contributed by atoms with van der Waals surface area (Å²) in [5.74, 6) is 0. The van der Waals surface area contributed by atoms with Crippen LogP contribution in [0.25, 0.3) is 0 Å². The van der Waals surface area contributed by atoms with Gasteiger partial charge in [-0.25, -0.2) is 4.98 Å². The van der Waals surface area contributed by atoms with Crippen LogP contribution >= 0.6 is 11.3 Å². The molecular formula is C11H16N2S. The van der Waals surface area contributed by atoms with Crippen molar-refractivity contribution >= 4 is 16.5 Å². The Morgan fingerprint density at radius 3 is 3.00 bits per heavy atom. The minimum absolute atomic E-state index is 0.910. The number of allylic oxidation sites excluding steroid dienone is 3. The highest BCUT2D eigenvalue weighted by molar-refractivity contribution is 7.13. The third kappa shape index (κ3) is 2.70. The molecule has 1 aromatic heterocycles. The van der Waals surface area contributed by atoms with Gasteiger partial charge >= 0.3 is 0 Å². The molecule has 0 spiro atoms. The summed E-state index contributed by atoms with van der Waals surface area (Å²) in [6.07, 6.45) is 6.81. The maximum Gasteiger partial charge on any atom is 0.189 e. The van der Waals surface area contributed by atoms with E-state index in [1.807, 2.05) is 17.7 Å². The Morgan fingerprint density at radius 1 is 1.71 bits per heavy atom. The van der Waals surface area contributed by atoms with Gasteiger partial charge in [-0.05, 0) is 20.3 Å². The number of aromatic nitrogens is 1. The lowest BCUT2D eigenvalue weighted by atomic mass is 10.3. The molecule has 0 bridgehead atoms. The predicted octanol–water partition coefficient (Wildman–Crippen LogP) is 3.45. The molecule has 0 atom stereocenters. The third-order valence-electron chi connectivity index (χ3n) is 1.97. The highest BCUT2D eigenvalue weighted by Crippen LogP contribution is 2.21. The van der Waals surface area contributed by atoms with Gasteiger partial charge < -0.3 is 4.90 Å². The molecule has 76 valence electrons. The Bertz CT molecular complexity index is 301. The van der Waals surface area contributed by atoms with Crippen LogP contribution in [0.15, 0.2) is 36.0 Å². The summed E-state index contributed by atoms with van der Waals surface area (Å²) in [6, 6.07) is 0. The molecule has 1 rings (SSSR count). The summed E-state index contributed by atoms with van der Waals surface area (Å²) in [5, 5.41) is 3.06. The lowest BCUT2D eigenvalue weighted by molar-refractivity contribution is 0.937. The first-order chi connectivity index (χ1) is 6.79. The van der Waals surface area contributed by atoms with Gasteiger partial charge in [0.25, 0.3) is 0 Å². The molecule has 0 fully saturated rings. The van der Waals surface area contributed by atoms with Crippen molar-refractivity contribution in [3.8, 4) is 0 Å². The summed E-state index contributed by atoms with van der Waals surface area (Å²) in [6.45, 7) is 8.89.